The van der Waals surface area contributed by atoms with Gasteiger partial charge in [0.2, 0.25) is 0 Å². The summed E-state index contributed by atoms with van der Waals surface area (Å²) in [5.41, 5.74) is 2.72. The third-order valence-corrected chi connectivity index (χ3v) is 3.71. The molecule has 0 unspecified atom stereocenters. The van der Waals surface area contributed by atoms with Gasteiger partial charge in [-0.05, 0) is 31.4 Å². The van der Waals surface area contributed by atoms with Crippen molar-refractivity contribution in [2.24, 2.45) is 0 Å². The Morgan fingerprint density at radius 1 is 1.32 bits per heavy atom. The molecule has 19 heavy (non-hydrogen) atoms. The van der Waals surface area contributed by atoms with Gasteiger partial charge < -0.3 is 14.6 Å². The molecule has 3 rings (SSSR count). The summed E-state index contributed by atoms with van der Waals surface area (Å²) < 4.78 is 7.78. The van der Waals surface area contributed by atoms with Crippen LogP contribution in [0.25, 0.3) is 10.9 Å². The lowest BCUT2D eigenvalue weighted by atomic mass is 10.2. The summed E-state index contributed by atoms with van der Waals surface area (Å²) in [5, 5.41) is 4.97. The third kappa shape index (κ3) is 2.99. The summed E-state index contributed by atoms with van der Waals surface area (Å²) in [6.07, 6.45) is 4.95. The van der Waals surface area contributed by atoms with Crippen LogP contribution in [0.4, 0.5) is 0 Å². The monoisotopic (exact) mass is 258 g/mol. The number of nitrogens with zero attached hydrogens (tertiary/aromatic N) is 1. The van der Waals surface area contributed by atoms with E-state index in [2.05, 4.69) is 40.3 Å². The molecule has 1 aliphatic carbocycles. The highest BCUT2D eigenvalue weighted by Crippen LogP contribution is 2.24. The summed E-state index contributed by atoms with van der Waals surface area (Å²) in [6.45, 7) is 5.52. The Bertz CT molecular complexity index is 543. The highest BCUT2D eigenvalue weighted by molar-refractivity contribution is 5.83. The van der Waals surface area contributed by atoms with E-state index in [0.29, 0.717) is 0 Å². The van der Waals surface area contributed by atoms with Crippen molar-refractivity contribution >= 4 is 10.9 Å². The molecule has 0 aliphatic heterocycles. The van der Waals surface area contributed by atoms with Gasteiger partial charge in [0.25, 0.3) is 0 Å². The second kappa shape index (κ2) is 5.76. The van der Waals surface area contributed by atoms with Crippen molar-refractivity contribution in [1.82, 2.24) is 9.88 Å². The average Bonchev–Trinajstić information content (AvgIpc) is 3.20. The van der Waals surface area contributed by atoms with Crippen molar-refractivity contribution in [3.63, 3.8) is 0 Å². The Morgan fingerprint density at radius 2 is 2.16 bits per heavy atom. The summed E-state index contributed by atoms with van der Waals surface area (Å²) in [6, 6.07) is 9.40. The van der Waals surface area contributed by atoms with Crippen molar-refractivity contribution in [2.75, 3.05) is 13.2 Å². The van der Waals surface area contributed by atoms with Gasteiger partial charge in [-0.1, -0.05) is 18.2 Å². The molecule has 0 amide bonds. The molecular formula is C16H22N2O. The standard InChI is InChI=1S/C16H22N2O/c1-2-19-10-9-18-12-13(11-17-14-7-8-14)15-5-3-4-6-16(15)18/h3-6,12,14,17H,2,7-11H2,1H3. The van der Waals surface area contributed by atoms with Crippen LogP contribution in [0.15, 0.2) is 30.5 Å². The second-order valence-electron chi connectivity index (χ2n) is 5.22. The van der Waals surface area contributed by atoms with Gasteiger partial charge in [-0.15, -0.1) is 0 Å². The van der Waals surface area contributed by atoms with Crippen molar-refractivity contribution in [1.29, 1.82) is 0 Å². The van der Waals surface area contributed by atoms with E-state index in [1.54, 1.807) is 0 Å². The van der Waals surface area contributed by atoms with Gasteiger partial charge in [-0.3, -0.25) is 0 Å². The number of rotatable bonds is 7. The first-order valence-corrected chi connectivity index (χ1v) is 7.26. The zero-order valence-electron chi connectivity index (χ0n) is 11.6. The van der Waals surface area contributed by atoms with Crippen LogP contribution in [0.5, 0.6) is 0 Å². The zero-order chi connectivity index (χ0) is 13.1. The Balaban J connectivity index is 1.79. The van der Waals surface area contributed by atoms with Gasteiger partial charge in [0.15, 0.2) is 0 Å². The molecule has 0 radical (unpaired) electrons. The number of benzene rings is 1. The predicted molar refractivity (Wildman–Crippen MR) is 78.3 cm³/mol. The summed E-state index contributed by atoms with van der Waals surface area (Å²) in [7, 11) is 0. The van der Waals surface area contributed by atoms with Crippen molar-refractivity contribution in [3.05, 3.63) is 36.0 Å². The first-order chi connectivity index (χ1) is 9.38. The second-order valence-corrected chi connectivity index (χ2v) is 5.22. The minimum Gasteiger partial charge on any atom is -0.380 e. The number of aromatic nitrogens is 1. The van der Waals surface area contributed by atoms with E-state index < -0.39 is 0 Å². The number of para-hydroxylation sites is 1. The first kappa shape index (κ1) is 12.7. The predicted octanol–water partition coefficient (Wildman–Crippen LogP) is 2.93. The molecule has 1 N–H and O–H groups in total. The van der Waals surface area contributed by atoms with Crippen LogP contribution in [0.2, 0.25) is 0 Å². The quantitative estimate of drug-likeness (QED) is 0.773. The lowest BCUT2D eigenvalue weighted by Crippen LogP contribution is -2.15. The molecule has 1 aromatic heterocycles. The maximum absolute atomic E-state index is 5.47. The first-order valence-electron chi connectivity index (χ1n) is 7.26. The number of nitrogens with one attached hydrogen (secondary N) is 1. The maximum Gasteiger partial charge on any atom is 0.0645 e. The lowest BCUT2D eigenvalue weighted by molar-refractivity contribution is 0.140. The van der Waals surface area contributed by atoms with E-state index in [9.17, 15) is 0 Å². The zero-order valence-corrected chi connectivity index (χ0v) is 11.6. The molecule has 2 aromatic rings. The molecule has 1 aromatic carbocycles. The number of hydrogen-bond donors (Lipinski definition) is 1. The molecule has 3 nitrogen and oxygen atoms in total. The highest BCUT2D eigenvalue weighted by atomic mass is 16.5. The van der Waals surface area contributed by atoms with Crippen LogP contribution >= 0.6 is 0 Å². The van der Waals surface area contributed by atoms with E-state index >= 15 is 0 Å². The van der Waals surface area contributed by atoms with Crippen LogP contribution in [0, 0.1) is 0 Å². The normalized spacial score (nSPS) is 15.2. The summed E-state index contributed by atoms with van der Waals surface area (Å²) >= 11 is 0. The van der Waals surface area contributed by atoms with E-state index in [1.807, 2.05) is 6.92 Å². The molecule has 0 saturated heterocycles. The molecule has 0 spiro atoms. The smallest absolute Gasteiger partial charge is 0.0645 e. The Morgan fingerprint density at radius 3 is 2.95 bits per heavy atom. The highest BCUT2D eigenvalue weighted by Gasteiger charge is 2.20. The van der Waals surface area contributed by atoms with Gasteiger partial charge in [0.05, 0.1) is 6.61 Å². The average molecular weight is 258 g/mol. The Kier molecular flexibility index (Phi) is 3.85. The Labute approximate surface area is 114 Å². The van der Waals surface area contributed by atoms with Gasteiger partial charge in [-0.25, -0.2) is 0 Å². The fourth-order valence-corrected chi connectivity index (χ4v) is 2.50. The molecule has 1 aliphatic rings. The van der Waals surface area contributed by atoms with Gasteiger partial charge in [0.1, 0.15) is 0 Å². The Hall–Kier alpha value is -1.32. The van der Waals surface area contributed by atoms with Gasteiger partial charge in [0, 0.05) is 42.8 Å². The summed E-state index contributed by atoms with van der Waals surface area (Å²) in [4.78, 5) is 0. The molecule has 1 heterocycles. The fourth-order valence-electron chi connectivity index (χ4n) is 2.50. The molecule has 102 valence electrons. The fraction of sp³-hybridized carbons (Fsp3) is 0.500. The van der Waals surface area contributed by atoms with E-state index in [1.165, 1.54) is 29.3 Å². The van der Waals surface area contributed by atoms with Crippen molar-refractivity contribution < 1.29 is 4.74 Å². The number of fused-ring (bicyclic) bond motifs is 1. The molecular weight excluding hydrogens is 236 g/mol. The minimum absolute atomic E-state index is 0.755. The molecule has 1 saturated carbocycles. The van der Waals surface area contributed by atoms with Crippen LogP contribution in [0.1, 0.15) is 25.3 Å². The van der Waals surface area contributed by atoms with E-state index in [-0.39, 0.29) is 0 Å². The van der Waals surface area contributed by atoms with Gasteiger partial charge in [-0.2, -0.15) is 0 Å². The SMILES string of the molecule is CCOCCn1cc(CNC2CC2)c2ccccc21. The van der Waals surface area contributed by atoms with E-state index in [0.717, 1.165) is 32.3 Å². The molecule has 0 atom stereocenters. The van der Waals surface area contributed by atoms with Crippen LogP contribution in [-0.2, 0) is 17.8 Å². The maximum atomic E-state index is 5.47. The van der Waals surface area contributed by atoms with Gasteiger partial charge >= 0.3 is 0 Å². The van der Waals surface area contributed by atoms with Crippen molar-refractivity contribution in [3.8, 4) is 0 Å². The van der Waals surface area contributed by atoms with Crippen molar-refractivity contribution in [2.45, 2.75) is 38.9 Å². The molecule has 0 bridgehead atoms. The minimum atomic E-state index is 0.755. The number of ether oxygens (including phenoxy) is 1. The lowest BCUT2D eigenvalue weighted by Gasteiger charge is -2.04. The molecule has 1 fully saturated rings. The number of hydrogen-bond acceptors (Lipinski definition) is 2. The van der Waals surface area contributed by atoms with Crippen LogP contribution in [0.3, 0.4) is 0 Å². The third-order valence-electron chi connectivity index (χ3n) is 3.71. The van der Waals surface area contributed by atoms with E-state index in [4.69, 9.17) is 4.74 Å². The van der Waals surface area contributed by atoms with Crippen LogP contribution < -0.4 is 5.32 Å². The topological polar surface area (TPSA) is 26.2 Å². The largest absolute Gasteiger partial charge is 0.380 e. The molecule has 3 heteroatoms. The summed E-state index contributed by atoms with van der Waals surface area (Å²) in [5.74, 6) is 0. The van der Waals surface area contributed by atoms with Crippen LogP contribution in [-0.4, -0.2) is 23.8 Å².